The molecule has 2 aromatic heterocycles. The van der Waals surface area contributed by atoms with E-state index in [2.05, 4.69) is 55.2 Å². The monoisotopic (exact) mass is 483 g/mol. The van der Waals surface area contributed by atoms with Crippen molar-refractivity contribution in [2.45, 2.75) is 85.2 Å². The number of nitrogens with zero attached hydrogens (tertiary/aromatic N) is 3. The molecule has 1 saturated heterocycles. The maximum Gasteiger partial charge on any atom is 0.280 e. The molecule has 1 aliphatic heterocycles. The first-order valence-corrected chi connectivity index (χ1v) is 13.1. The maximum atomic E-state index is 13.5. The van der Waals surface area contributed by atoms with E-state index in [0.29, 0.717) is 17.2 Å². The van der Waals surface area contributed by atoms with Gasteiger partial charge in [-0.2, -0.15) is 0 Å². The Morgan fingerprint density at radius 2 is 2.00 bits per heavy atom. The summed E-state index contributed by atoms with van der Waals surface area (Å²) >= 11 is 1.28. The minimum absolute atomic E-state index is 0.0419. The summed E-state index contributed by atoms with van der Waals surface area (Å²) in [5.74, 6) is 0.503. The van der Waals surface area contributed by atoms with Crippen LogP contribution in [0.4, 0.5) is 5.82 Å². The number of hydrogen-bond acceptors (Lipinski definition) is 6. The summed E-state index contributed by atoms with van der Waals surface area (Å²) < 4.78 is 0. The SMILES string of the molecule is Cc1cc(NC2(C)CCC2)ncc1-c1sc(C(=O)NCC(C)(C)C)nc1C(=O)N1CCC[C@@H]1C. The zero-order chi connectivity index (χ0) is 24.7. The Morgan fingerprint density at radius 1 is 1.26 bits per heavy atom. The number of rotatable bonds is 6. The van der Waals surface area contributed by atoms with E-state index < -0.39 is 0 Å². The van der Waals surface area contributed by atoms with Crippen molar-refractivity contribution in [2.75, 3.05) is 18.4 Å². The highest BCUT2D eigenvalue weighted by Gasteiger charge is 2.33. The minimum Gasteiger partial charge on any atom is -0.365 e. The van der Waals surface area contributed by atoms with Crippen molar-refractivity contribution in [1.29, 1.82) is 0 Å². The van der Waals surface area contributed by atoms with Crippen molar-refractivity contribution in [1.82, 2.24) is 20.2 Å². The Bertz CT molecular complexity index is 1080. The van der Waals surface area contributed by atoms with Crippen LogP contribution in [0.15, 0.2) is 12.3 Å². The molecule has 2 aromatic rings. The van der Waals surface area contributed by atoms with Gasteiger partial charge in [0.2, 0.25) is 0 Å². The quantitative estimate of drug-likeness (QED) is 0.585. The third-order valence-corrected chi connectivity index (χ3v) is 7.95. The standard InChI is InChI=1S/C26H37N5O2S/c1-16-13-19(30-26(6)10-8-11-26)27-14-18(16)21-20(24(33)31-12-7-9-17(31)2)29-23(34-21)22(32)28-15-25(3,4)5/h13-14,17H,7-12,15H2,1-6H3,(H,27,30)(H,28,32)/t17-/m0/s1. The van der Waals surface area contributed by atoms with Gasteiger partial charge >= 0.3 is 0 Å². The van der Waals surface area contributed by atoms with E-state index >= 15 is 0 Å². The smallest absolute Gasteiger partial charge is 0.280 e. The molecule has 1 atom stereocenters. The molecule has 1 aliphatic carbocycles. The second-order valence-corrected chi connectivity index (χ2v) is 12.4. The summed E-state index contributed by atoms with van der Waals surface area (Å²) in [6.45, 7) is 13.8. The summed E-state index contributed by atoms with van der Waals surface area (Å²) in [5.41, 5.74) is 2.29. The summed E-state index contributed by atoms with van der Waals surface area (Å²) in [6, 6.07) is 2.21. The van der Waals surface area contributed by atoms with Crippen LogP contribution in [0, 0.1) is 12.3 Å². The average Bonchev–Trinajstić information content (AvgIpc) is 3.36. The summed E-state index contributed by atoms with van der Waals surface area (Å²) in [5, 5.41) is 6.84. The molecule has 184 valence electrons. The number of hydrogen-bond donors (Lipinski definition) is 2. The fourth-order valence-corrected chi connectivity index (χ4v) is 5.59. The van der Waals surface area contributed by atoms with Crippen LogP contribution in [0.1, 0.15) is 92.6 Å². The minimum atomic E-state index is -0.239. The molecule has 2 N–H and O–H groups in total. The van der Waals surface area contributed by atoms with Crippen LogP contribution in [0.2, 0.25) is 0 Å². The summed E-state index contributed by atoms with van der Waals surface area (Å²) in [6.07, 6.45) is 7.32. The number of nitrogens with one attached hydrogen (secondary N) is 2. The van der Waals surface area contributed by atoms with Crippen LogP contribution < -0.4 is 10.6 Å². The molecule has 0 aromatic carbocycles. The Hall–Kier alpha value is -2.48. The van der Waals surface area contributed by atoms with E-state index in [1.807, 2.05) is 24.1 Å². The van der Waals surface area contributed by atoms with Gasteiger partial charge in [-0.05, 0) is 69.9 Å². The van der Waals surface area contributed by atoms with E-state index in [-0.39, 0.29) is 28.8 Å². The fourth-order valence-electron chi connectivity index (χ4n) is 4.54. The topological polar surface area (TPSA) is 87.2 Å². The molecule has 7 nitrogen and oxygen atoms in total. The van der Waals surface area contributed by atoms with Crippen molar-refractivity contribution >= 4 is 29.0 Å². The number of carbonyl (C=O) groups is 2. The van der Waals surface area contributed by atoms with Crippen molar-refractivity contribution in [3.05, 3.63) is 28.5 Å². The second kappa shape index (κ2) is 9.29. The Labute approximate surface area is 206 Å². The maximum absolute atomic E-state index is 13.5. The zero-order valence-corrected chi connectivity index (χ0v) is 22.1. The predicted octanol–water partition coefficient (Wildman–Crippen LogP) is 5.27. The van der Waals surface area contributed by atoms with Gasteiger partial charge < -0.3 is 15.5 Å². The number of aromatic nitrogens is 2. The number of thiazole rings is 1. The van der Waals surface area contributed by atoms with E-state index in [4.69, 9.17) is 0 Å². The molecule has 2 fully saturated rings. The number of carbonyl (C=O) groups excluding carboxylic acids is 2. The first-order chi connectivity index (χ1) is 16.0. The van der Waals surface area contributed by atoms with Gasteiger partial charge in [0.15, 0.2) is 5.01 Å². The molecule has 0 radical (unpaired) electrons. The molecule has 2 amide bonds. The van der Waals surface area contributed by atoms with Gasteiger partial charge in [0.05, 0.1) is 4.88 Å². The number of likely N-dealkylation sites (tertiary alicyclic amines) is 1. The van der Waals surface area contributed by atoms with Crippen LogP contribution in [0.5, 0.6) is 0 Å². The Morgan fingerprint density at radius 3 is 2.56 bits per heavy atom. The Kier molecular flexibility index (Phi) is 6.73. The van der Waals surface area contributed by atoms with Gasteiger partial charge in [-0.15, -0.1) is 11.3 Å². The third kappa shape index (κ3) is 5.27. The molecule has 4 rings (SSSR count). The van der Waals surface area contributed by atoms with Crippen LogP contribution >= 0.6 is 11.3 Å². The molecular formula is C26H37N5O2S. The number of aryl methyl sites for hydroxylation is 1. The van der Waals surface area contributed by atoms with Gasteiger partial charge in [0, 0.05) is 36.4 Å². The van der Waals surface area contributed by atoms with E-state index in [1.165, 1.54) is 17.8 Å². The molecule has 1 saturated carbocycles. The van der Waals surface area contributed by atoms with Gasteiger partial charge in [-0.3, -0.25) is 9.59 Å². The lowest BCUT2D eigenvalue weighted by Gasteiger charge is -2.39. The molecular weight excluding hydrogens is 446 g/mol. The third-order valence-electron chi connectivity index (χ3n) is 6.86. The number of anilines is 1. The number of amides is 2. The van der Waals surface area contributed by atoms with Crippen LogP contribution in [-0.2, 0) is 0 Å². The van der Waals surface area contributed by atoms with Crippen molar-refractivity contribution in [3.8, 4) is 10.4 Å². The highest BCUT2D eigenvalue weighted by molar-refractivity contribution is 7.17. The largest absolute Gasteiger partial charge is 0.365 e. The number of pyridine rings is 1. The molecule has 0 spiro atoms. The van der Waals surface area contributed by atoms with Crippen LogP contribution in [0.3, 0.4) is 0 Å². The van der Waals surface area contributed by atoms with E-state index in [0.717, 1.165) is 54.0 Å². The lowest BCUT2D eigenvalue weighted by molar-refractivity contribution is 0.0743. The zero-order valence-electron chi connectivity index (χ0n) is 21.2. The predicted molar refractivity (Wildman–Crippen MR) is 137 cm³/mol. The summed E-state index contributed by atoms with van der Waals surface area (Å²) in [7, 11) is 0. The lowest BCUT2D eigenvalue weighted by atomic mass is 9.78. The van der Waals surface area contributed by atoms with Crippen LogP contribution in [-0.4, -0.2) is 51.4 Å². The van der Waals surface area contributed by atoms with Gasteiger partial charge in [-0.1, -0.05) is 20.8 Å². The molecule has 3 heterocycles. The highest BCUT2D eigenvalue weighted by atomic mass is 32.1. The average molecular weight is 484 g/mol. The van der Waals surface area contributed by atoms with Gasteiger partial charge in [-0.25, -0.2) is 9.97 Å². The molecule has 34 heavy (non-hydrogen) atoms. The highest BCUT2D eigenvalue weighted by Crippen LogP contribution is 2.37. The lowest BCUT2D eigenvalue weighted by Crippen LogP contribution is -2.41. The first kappa shape index (κ1) is 24.6. The molecule has 0 unspecified atom stereocenters. The fraction of sp³-hybridized carbons (Fsp3) is 0.615. The van der Waals surface area contributed by atoms with Crippen LogP contribution in [0.25, 0.3) is 10.4 Å². The van der Waals surface area contributed by atoms with E-state index in [9.17, 15) is 9.59 Å². The first-order valence-electron chi connectivity index (χ1n) is 12.3. The van der Waals surface area contributed by atoms with Gasteiger partial charge in [0.25, 0.3) is 11.8 Å². The van der Waals surface area contributed by atoms with Crippen molar-refractivity contribution in [3.63, 3.8) is 0 Å². The van der Waals surface area contributed by atoms with E-state index in [1.54, 1.807) is 0 Å². The van der Waals surface area contributed by atoms with Crippen molar-refractivity contribution in [2.24, 2.45) is 5.41 Å². The molecule has 2 aliphatic rings. The summed E-state index contributed by atoms with van der Waals surface area (Å²) in [4.78, 5) is 38.3. The normalized spacial score (nSPS) is 19.6. The molecule has 0 bridgehead atoms. The van der Waals surface area contributed by atoms with Gasteiger partial charge in [0.1, 0.15) is 11.5 Å². The molecule has 8 heteroatoms. The second-order valence-electron chi connectivity index (χ2n) is 11.4. The Balaban J connectivity index is 1.67. The van der Waals surface area contributed by atoms with Crippen molar-refractivity contribution < 1.29 is 9.59 Å².